The summed E-state index contributed by atoms with van der Waals surface area (Å²) in [5.74, 6) is -0.652. The number of nitro groups is 1. The van der Waals surface area contributed by atoms with Gasteiger partial charge in [-0.15, -0.1) is 0 Å². The molecule has 0 heterocycles. The van der Waals surface area contributed by atoms with E-state index < -0.39 is 16.8 Å². The van der Waals surface area contributed by atoms with E-state index in [-0.39, 0.29) is 17.9 Å². The zero-order chi connectivity index (χ0) is 12.3. The molecule has 0 amide bonds. The van der Waals surface area contributed by atoms with Crippen molar-refractivity contribution in [2.75, 3.05) is 18.5 Å². The Morgan fingerprint density at radius 3 is 2.75 bits per heavy atom. The Bertz CT molecular complexity index is 396. The van der Waals surface area contributed by atoms with Crippen molar-refractivity contribution < 1.29 is 14.4 Å². The predicted octanol–water partition coefficient (Wildman–Crippen LogP) is 1.55. The standard InChI is InChI=1S/C10H13FN2O3/c1-7(14)6-12(2)9-4-3-8(11)5-10(9)13(15)16/h3-5,7,14H,6H2,1-2H3. The average molecular weight is 228 g/mol. The van der Waals surface area contributed by atoms with Gasteiger partial charge >= 0.3 is 0 Å². The number of nitrogens with zero attached hydrogens (tertiary/aromatic N) is 2. The maximum atomic E-state index is 12.9. The van der Waals surface area contributed by atoms with Crippen LogP contribution in [0.3, 0.4) is 0 Å². The number of hydrogen-bond donors (Lipinski definition) is 1. The van der Waals surface area contributed by atoms with Gasteiger partial charge in [0.15, 0.2) is 0 Å². The van der Waals surface area contributed by atoms with Gasteiger partial charge in [-0.2, -0.15) is 0 Å². The fourth-order valence-electron chi connectivity index (χ4n) is 1.46. The Kier molecular flexibility index (Phi) is 3.78. The van der Waals surface area contributed by atoms with Crippen molar-refractivity contribution >= 4 is 11.4 Å². The average Bonchev–Trinajstić information content (AvgIpc) is 2.16. The molecule has 0 aliphatic heterocycles. The predicted molar refractivity (Wildman–Crippen MR) is 58.0 cm³/mol. The number of rotatable bonds is 4. The third-order valence-electron chi connectivity index (χ3n) is 2.08. The van der Waals surface area contributed by atoms with Crippen LogP contribution >= 0.6 is 0 Å². The first-order valence-corrected chi connectivity index (χ1v) is 4.75. The second kappa shape index (κ2) is 4.89. The molecule has 1 aromatic rings. The van der Waals surface area contributed by atoms with E-state index in [0.717, 1.165) is 12.1 Å². The van der Waals surface area contributed by atoms with E-state index in [1.54, 1.807) is 14.0 Å². The topological polar surface area (TPSA) is 66.6 Å². The maximum Gasteiger partial charge on any atom is 0.295 e. The van der Waals surface area contributed by atoms with Gasteiger partial charge in [-0.1, -0.05) is 0 Å². The molecule has 0 spiro atoms. The van der Waals surface area contributed by atoms with Gasteiger partial charge in [-0.05, 0) is 19.1 Å². The van der Waals surface area contributed by atoms with Crippen molar-refractivity contribution in [2.45, 2.75) is 13.0 Å². The second-order valence-electron chi connectivity index (χ2n) is 3.62. The van der Waals surface area contributed by atoms with E-state index in [1.165, 1.54) is 11.0 Å². The first kappa shape index (κ1) is 12.4. The third-order valence-corrected chi connectivity index (χ3v) is 2.08. The summed E-state index contributed by atoms with van der Waals surface area (Å²) in [5.41, 5.74) is -0.0181. The molecule has 1 N–H and O–H groups in total. The summed E-state index contributed by atoms with van der Waals surface area (Å²) in [7, 11) is 1.60. The van der Waals surface area contributed by atoms with Gasteiger partial charge in [0.1, 0.15) is 11.5 Å². The third kappa shape index (κ3) is 2.90. The van der Waals surface area contributed by atoms with Crippen LogP contribution in [0.4, 0.5) is 15.8 Å². The molecule has 0 bridgehead atoms. The van der Waals surface area contributed by atoms with Crippen molar-refractivity contribution in [3.8, 4) is 0 Å². The maximum absolute atomic E-state index is 12.9. The summed E-state index contributed by atoms with van der Waals surface area (Å²) in [5, 5.41) is 19.9. The highest BCUT2D eigenvalue weighted by Gasteiger charge is 2.18. The van der Waals surface area contributed by atoms with Crippen molar-refractivity contribution in [3.63, 3.8) is 0 Å². The summed E-state index contributed by atoms with van der Waals surface area (Å²) in [6, 6.07) is 3.35. The highest BCUT2D eigenvalue weighted by Crippen LogP contribution is 2.27. The van der Waals surface area contributed by atoms with Crippen LogP contribution in [0, 0.1) is 15.9 Å². The Labute approximate surface area is 92.3 Å². The molecule has 1 atom stereocenters. The normalized spacial score (nSPS) is 12.2. The van der Waals surface area contributed by atoms with Crippen LogP contribution in [-0.4, -0.2) is 29.7 Å². The van der Waals surface area contributed by atoms with Crippen molar-refractivity contribution in [3.05, 3.63) is 34.1 Å². The molecule has 6 heteroatoms. The summed E-state index contributed by atoms with van der Waals surface area (Å²) < 4.78 is 12.9. The molecule has 0 saturated heterocycles. The smallest absolute Gasteiger partial charge is 0.295 e. The van der Waals surface area contributed by atoms with E-state index in [1.807, 2.05) is 0 Å². The van der Waals surface area contributed by atoms with Crippen LogP contribution < -0.4 is 4.90 Å². The van der Waals surface area contributed by atoms with Crippen molar-refractivity contribution in [1.29, 1.82) is 0 Å². The fourth-order valence-corrected chi connectivity index (χ4v) is 1.46. The molecule has 88 valence electrons. The molecule has 1 unspecified atom stereocenters. The first-order chi connectivity index (χ1) is 7.41. The molecule has 16 heavy (non-hydrogen) atoms. The zero-order valence-corrected chi connectivity index (χ0v) is 9.05. The van der Waals surface area contributed by atoms with Crippen LogP contribution in [0.5, 0.6) is 0 Å². The minimum Gasteiger partial charge on any atom is -0.392 e. The Hall–Kier alpha value is -1.69. The van der Waals surface area contributed by atoms with E-state index in [2.05, 4.69) is 0 Å². The van der Waals surface area contributed by atoms with Gasteiger partial charge in [0, 0.05) is 13.6 Å². The van der Waals surface area contributed by atoms with Gasteiger partial charge in [0.2, 0.25) is 0 Å². The molecule has 0 saturated carbocycles. The number of anilines is 1. The SMILES string of the molecule is CC(O)CN(C)c1ccc(F)cc1[N+](=O)[O-]. The van der Waals surface area contributed by atoms with E-state index in [9.17, 15) is 19.6 Å². The number of benzene rings is 1. The minimum absolute atomic E-state index is 0.243. The monoisotopic (exact) mass is 228 g/mol. The van der Waals surface area contributed by atoms with Gasteiger partial charge < -0.3 is 10.0 Å². The lowest BCUT2D eigenvalue weighted by Crippen LogP contribution is -2.27. The highest BCUT2D eigenvalue weighted by molar-refractivity contribution is 5.62. The van der Waals surface area contributed by atoms with Crippen LogP contribution in [0.25, 0.3) is 0 Å². The number of hydrogen-bond acceptors (Lipinski definition) is 4. The highest BCUT2D eigenvalue weighted by atomic mass is 19.1. The molecule has 5 nitrogen and oxygen atoms in total. The molecule has 0 aliphatic rings. The lowest BCUT2D eigenvalue weighted by atomic mass is 10.2. The summed E-state index contributed by atoms with van der Waals surface area (Å²) in [4.78, 5) is 11.6. The molecule has 1 rings (SSSR count). The molecule has 1 aromatic carbocycles. The number of likely N-dealkylation sites (N-methyl/N-ethyl adjacent to an activating group) is 1. The largest absolute Gasteiger partial charge is 0.392 e. The molecule has 0 fully saturated rings. The number of halogens is 1. The van der Waals surface area contributed by atoms with Crippen LogP contribution in [0.1, 0.15) is 6.92 Å². The van der Waals surface area contributed by atoms with Gasteiger partial charge in [-0.3, -0.25) is 10.1 Å². The summed E-state index contributed by atoms with van der Waals surface area (Å²) >= 11 is 0. The molecule has 0 aliphatic carbocycles. The number of aliphatic hydroxyl groups is 1. The summed E-state index contributed by atoms with van der Waals surface area (Å²) in [6.07, 6.45) is -0.616. The van der Waals surface area contributed by atoms with Gasteiger partial charge in [0.05, 0.1) is 17.1 Å². The number of nitro benzene ring substituents is 1. The number of aliphatic hydroxyl groups excluding tert-OH is 1. The Morgan fingerprint density at radius 2 is 2.25 bits per heavy atom. The molecular formula is C10H13FN2O3. The Balaban J connectivity index is 3.07. The van der Waals surface area contributed by atoms with Gasteiger partial charge in [-0.25, -0.2) is 4.39 Å². The van der Waals surface area contributed by atoms with E-state index in [0.29, 0.717) is 0 Å². The van der Waals surface area contributed by atoms with E-state index >= 15 is 0 Å². The Morgan fingerprint density at radius 1 is 1.62 bits per heavy atom. The minimum atomic E-state index is -0.652. The quantitative estimate of drug-likeness (QED) is 0.627. The lowest BCUT2D eigenvalue weighted by Gasteiger charge is -2.20. The second-order valence-corrected chi connectivity index (χ2v) is 3.62. The van der Waals surface area contributed by atoms with Crippen molar-refractivity contribution in [1.82, 2.24) is 0 Å². The molecular weight excluding hydrogens is 215 g/mol. The first-order valence-electron chi connectivity index (χ1n) is 4.75. The lowest BCUT2D eigenvalue weighted by molar-refractivity contribution is -0.384. The van der Waals surface area contributed by atoms with Crippen molar-refractivity contribution in [2.24, 2.45) is 0 Å². The molecule has 0 aromatic heterocycles. The summed E-state index contributed by atoms with van der Waals surface area (Å²) in [6.45, 7) is 1.82. The van der Waals surface area contributed by atoms with E-state index in [4.69, 9.17) is 0 Å². The zero-order valence-electron chi connectivity index (χ0n) is 9.05. The molecule has 0 radical (unpaired) electrons. The fraction of sp³-hybridized carbons (Fsp3) is 0.400. The van der Waals surface area contributed by atoms with Gasteiger partial charge in [0.25, 0.3) is 5.69 Å². The van der Waals surface area contributed by atoms with Crippen LogP contribution in [0.15, 0.2) is 18.2 Å². The van der Waals surface area contributed by atoms with Crippen LogP contribution in [-0.2, 0) is 0 Å². The van der Waals surface area contributed by atoms with Crippen LogP contribution in [0.2, 0.25) is 0 Å².